The van der Waals surface area contributed by atoms with Gasteiger partial charge in [-0.15, -0.1) is 5.10 Å². The van der Waals surface area contributed by atoms with E-state index in [1.165, 1.54) is 18.4 Å². The second-order valence-corrected chi connectivity index (χ2v) is 6.39. The maximum absolute atomic E-state index is 6.04. The number of aryl methyl sites for hydroxylation is 1. The number of hydrogen-bond donors (Lipinski definition) is 1. The molecule has 0 bridgehead atoms. The van der Waals surface area contributed by atoms with Gasteiger partial charge in [-0.3, -0.25) is 0 Å². The first-order chi connectivity index (χ1) is 10.0. The average molecular weight is 306 g/mol. The van der Waals surface area contributed by atoms with Crippen molar-refractivity contribution in [2.75, 3.05) is 11.4 Å². The molecule has 0 amide bonds. The molecule has 2 heterocycles. The number of rotatable bonds is 4. The van der Waals surface area contributed by atoms with E-state index in [4.69, 9.17) is 18.0 Å². The summed E-state index contributed by atoms with van der Waals surface area (Å²) in [5, 5.41) is 8.94. The summed E-state index contributed by atoms with van der Waals surface area (Å²) in [7, 11) is 0. The molecule has 1 fully saturated rings. The van der Waals surface area contributed by atoms with E-state index >= 15 is 0 Å². The Bertz CT molecular complexity index is 529. The van der Waals surface area contributed by atoms with Crippen molar-refractivity contribution in [1.29, 1.82) is 0 Å². The lowest BCUT2D eigenvalue weighted by Crippen LogP contribution is -2.44. The van der Waals surface area contributed by atoms with Gasteiger partial charge in [0.15, 0.2) is 5.82 Å². The normalized spacial score (nSPS) is 22.4. The molecule has 116 valence electrons. The minimum absolute atomic E-state index is 0.442. The topological polar surface area (TPSA) is 55.0 Å². The van der Waals surface area contributed by atoms with E-state index in [-0.39, 0.29) is 0 Å². The molecule has 0 saturated carbocycles. The summed E-state index contributed by atoms with van der Waals surface area (Å²) in [6.07, 6.45) is 4.19. The molecule has 0 aromatic carbocycles. The number of hydrogen-bond acceptors (Lipinski definition) is 4. The van der Waals surface area contributed by atoms with Crippen molar-refractivity contribution in [3.05, 3.63) is 16.8 Å². The minimum Gasteiger partial charge on any atom is -0.389 e. The third-order valence-corrected chi connectivity index (χ3v) is 4.92. The Morgan fingerprint density at radius 3 is 2.57 bits per heavy atom. The van der Waals surface area contributed by atoms with E-state index in [0.717, 1.165) is 36.5 Å². The highest BCUT2D eigenvalue weighted by Crippen LogP contribution is 2.31. The highest BCUT2D eigenvalue weighted by Gasteiger charge is 2.29. The number of anilines is 1. The molecule has 1 aliphatic heterocycles. The molecule has 1 aromatic rings. The smallest absolute Gasteiger partial charge is 0.162 e. The van der Waals surface area contributed by atoms with Crippen LogP contribution in [0.15, 0.2) is 0 Å². The molecule has 1 aromatic heterocycles. The highest BCUT2D eigenvalue weighted by atomic mass is 32.1. The first-order valence-electron chi connectivity index (χ1n) is 7.96. The van der Waals surface area contributed by atoms with E-state index in [9.17, 15) is 0 Å². The summed E-state index contributed by atoms with van der Waals surface area (Å²) < 4.78 is 0. The van der Waals surface area contributed by atoms with Gasteiger partial charge in [0, 0.05) is 12.6 Å². The summed E-state index contributed by atoms with van der Waals surface area (Å²) in [6.45, 7) is 9.78. The predicted octanol–water partition coefficient (Wildman–Crippen LogP) is 2.86. The maximum atomic E-state index is 6.04. The Hall–Kier alpha value is -1.23. The Balaban J connectivity index is 2.55. The predicted molar refractivity (Wildman–Crippen MR) is 91.9 cm³/mol. The second kappa shape index (κ2) is 6.69. The van der Waals surface area contributed by atoms with E-state index < -0.39 is 0 Å². The fourth-order valence-corrected chi connectivity index (χ4v) is 3.47. The monoisotopic (exact) mass is 306 g/mol. The van der Waals surface area contributed by atoms with Crippen molar-refractivity contribution in [3.8, 4) is 0 Å². The van der Waals surface area contributed by atoms with Crippen LogP contribution < -0.4 is 10.6 Å². The van der Waals surface area contributed by atoms with Gasteiger partial charge in [-0.1, -0.05) is 33.0 Å². The number of nitrogens with zero attached hydrogens (tertiary/aromatic N) is 3. The molecular formula is C16H26N4S. The zero-order chi connectivity index (χ0) is 15.6. The van der Waals surface area contributed by atoms with Gasteiger partial charge in [-0.25, -0.2) is 0 Å². The van der Waals surface area contributed by atoms with E-state index in [0.29, 0.717) is 16.9 Å². The SMILES string of the molecule is CCc1nnc(N2CCCC(C)C2C)c(C(N)=S)c1CC. The Kier molecular flexibility index (Phi) is 5.14. The Labute approximate surface area is 133 Å². The summed E-state index contributed by atoms with van der Waals surface area (Å²) in [5.41, 5.74) is 9.17. The standard InChI is InChI=1S/C16H26N4S/c1-5-12-13(6-2)18-19-16(14(12)15(17)21)20-9-7-8-10(3)11(20)4/h10-11H,5-9H2,1-4H3,(H2,17,21). The second-order valence-electron chi connectivity index (χ2n) is 5.95. The van der Waals surface area contributed by atoms with Crippen LogP contribution in [0, 0.1) is 5.92 Å². The summed E-state index contributed by atoms with van der Waals surface area (Å²) in [6, 6.07) is 0.443. The molecule has 4 nitrogen and oxygen atoms in total. The van der Waals surface area contributed by atoms with Gasteiger partial charge in [0.05, 0.1) is 11.3 Å². The van der Waals surface area contributed by atoms with Crippen LogP contribution in [-0.2, 0) is 12.8 Å². The summed E-state index contributed by atoms with van der Waals surface area (Å²) >= 11 is 5.33. The molecule has 2 rings (SSSR count). The number of nitrogens with two attached hydrogens (primary N) is 1. The lowest BCUT2D eigenvalue weighted by molar-refractivity contribution is 0.360. The van der Waals surface area contributed by atoms with Crippen LogP contribution in [0.3, 0.4) is 0 Å². The molecule has 0 radical (unpaired) electrons. The molecule has 2 unspecified atom stereocenters. The van der Waals surface area contributed by atoms with Crippen molar-refractivity contribution >= 4 is 23.0 Å². The molecule has 0 aliphatic carbocycles. The lowest BCUT2D eigenvalue weighted by Gasteiger charge is -2.39. The van der Waals surface area contributed by atoms with Crippen molar-refractivity contribution in [2.24, 2.45) is 11.7 Å². The van der Waals surface area contributed by atoms with Crippen molar-refractivity contribution in [2.45, 2.75) is 59.4 Å². The number of piperidine rings is 1. The van der Waals surface area contributed by atoms with Crippen molar-refractivity contribution in [1.82, 2.24) is 10.2 Å². The zero-order valence-corrected chi connectivity index (χ0v) is 14.3. The van der Waals surface area contributed by atoms with Crippen LogP contribution in [0.4, 0.5) is 5.82 Å². The quantitative estimate of drug-likeness (QED) is 0.867. The van der Waals surface area contributed by atoms with Crippen LogP contribution >= 0.6 is 12.2 Å². The first-order valence-corrected chi connectivity index (χ1v) is 8.36. The molecular weight excluding hydrogens is 280 g/mol. The van der Waals surface area contributed by atoms with Crippen LogP contribution in [-0.4, -0.2) is 27.8 Å². The third kappa shape index (κ3) is 3.03. The number of aromatic nitrogens is 2. The average Bonchev–Trinajstić information content (AvgIpc) is 2.48. The van der Waals surface area contributed by atoms with Gasteiger partial charge in [0.1, 0.15) is 4.99 Å². The van der Waals surface area contributed by atoms with Crippen LogP contribution in [0.25, 0.3) is 0 Å². The number of thiocarbonyl (C=S) groups is 1. The fraction of sp³-hybridized carbons (Fsp3) is 0.688. The molecule has 2 atom stereocenters. The van der Waals surface area contributed by atoms with E-state index in [1.807, 2.05) is 0 Å². The zero-order valence-electron chi connectivity index (χ0n) is 13.5. The van der Waals surface area contributed by atoms with E-state index in [1.54, 1.807) is 0 Å². The molecule has 5 heteroatoms. The Morgan fingerprint density at radius 2 is 2.00 bits per heavy atom. The highest BCUT2D eigenvalue weighted by molar-refractivity contribution is 7.80. The van der Waals surface area contributed by atoms with Crippen molar-refractivity contribution < 1.29 is 0 Å². The molecule has 2 N–H and O–H groups in total. The van der Waals surface area contributed by atoms with Crippen LogP contribution in [0.1, 0.15) is 57.4 Å². The van der Waals surface area contributed by atoms with Gasteiger partial charge in [0.2, 0.25) is 0 Å². The van der Waals surface area contributed by atoms with Gasteiger partial charge in [-0.05, 0) is 44.1 Å². The first kappa shape index (κ1) is 16.1. The van der Waals surface area contributed by atoms with Gasteiger partial charge < -0.3 is 10.6 Å². The van der Waals surface area contributed by atoms with Crippen LogP contribution in [0.2, 0.25) is 0 Å². The fourth-order valence-electron chi connectivity index (χ4n) is 3.26. The molecule has 0 spiro atoms. The summed E-state index contributed by atoms with van der Waals surface area (Å²) in [5.74, 6) is 1.53. The molecule has 1 saturated heterocycles. The van der Waals surface area contributed by atoms with Crippen molar-refractivity contribution in [3.63, 3.8) is 0 Å². The van der Waals surface area contributed by atoms with Gasteiger partial charge >= 0.3 is 0 Å². The lowest BCUT2D eigenvalue weighted by atomic mass is 9.91. The van der Waals surface area contributed by atoms with Gasteiger partial charge in [0.25, 0.3) is 0 Å². The minimum atomic E-state index is 0.442. The Morgan fingerprint density at radius 1 is 1.29 bits per heavy atom. The third-order valence-electron chi connectivity index (χ3n) is 4.72. The van der Waals surface area contributed by atoms with Gasteiger partial charge in [-0.2, -0.15) is 5.10 Å². The summed E-state index contributed by atoms with van der Waals surface area (Å²) in [4.78, 5) is 2.78. The molecule has 21 heavy (non-hydrogen) atoms. The largest absolute Gasteiger partial charge is 0.389 e. The molecule has 1 aliphatic rings. The maximum Gasteiger partial charge on any atom is 0.162 e. The van der Waals surface area contributed by atoms with Crippen LogP contribution in [0.5, 0.6) is 0 Å². The van der Waals surface area contributed by atoms with E-state index in [2.05, 4.69) is 42.8 Å².